The molecule has 4 rings (SSSR count). The summed E-state index contributed by atoms with van der Waals surface area (Å²) < 4.78 is 32.8. The molecule has 6 nitrogen and oxygen atoms in total. The number of hydrogen-bond donors (Lipinski definition) is 0. The minimum atomic E-state index is -3.49. The number of carbonyl (C=O) groups is 1. The predicted octanol–water partition coefficient (Wildman–Crippen LogP) is 1.19. The van der Waals surface area contributed by atoms with Gasteiger partial charge in [-0.3, -0.25) is 4.79 Å². The van der Waals surface area contributed by atoms with Crippen LogP contribution in [-0.4, -0.2) is 62.4 Å². The van der Waals surface area contributed by atoms with E-state index in [-0.39, 0.29) is 12.0 Å². The first-order valence-corrected chi connectivity index (χ1v) is 10.5. The molecule has 2 aliphatic heterocycles. The molecule has 0 bridgehead atoms. The van der Waals surface area contributed by atoms with E-state index < -0.39 is 10.0 Å². The Morgan fingerprint density at radius 2 is 1.80 bits per heavy atom. The maximum absolute atomic E-state index is 12.9. The van der Waals surface area contributed by atoms with Gasteiger partial charge in [0.1, 0.15) is 6.10 Å². The molecule has 0 spiro atoms. The quantitative estimate of drug-likeness (QED) is 0.808. The molecule has 7 heteroatoms. The fourth-order valence-electron chi connectivity index (χ4n) is 3.98. The molecule has 136 valence electrons. The van der Waals surface area contributed by atoms with Crippen LogP contribution < -0.4 is 0 Å². The number of rotatable bonds is 3. The Morgan fingerprint density at radius 1 is 1.04 bits per heavy atom. The molecule has 2 fully saturated rings. The van der Waals surface area contributed by atoms with E-state index in [0.29, 0.717) is 37.7 Å². The van der Waals surface area contributed by atoms with Crippen molar-refractivity contribution in [2.24, 2.45) is 0 Å². The maximum Gasteiger partial charge on any atom is 0.251 e. The number of carbonyl (C=O) groups excluding carboxylic acids is 1. The van der Waals surface area contributed by atoms with Crippen molar-refractivity contribution < 1.29 is 17.9 Å². The van der Waals surface area contributed by atoms with Crippen LogP contribution >= 0.6 is 0 Å². The summed E-state index contributed by atoms with van der Waals surface area (Å²) in [6.07, 6.45) is 4.46. The van der Waals surface area contributed by atoms with Crippen molar-refractivity contribution in [3.63, 3.8) is 0 Å². The number of piperazine rings is 1. The molecule has 0 radical (unpaired) electrons. The zero-order valence-electron chi connectivity index (χ0n) is 14.3. The van der Waals surface area contributed by atoms with Crippen molar-refractivity contribution in [3.05, 3.63) is 29.3 Å². The van der Waals surface area contributed by atoms with Gasteiger partial charge in [-0.15, -0.1) is 0 Å². The molecular weight excluding hydrogens is 340 g/mol. The van der Waals surface area contributed by atoms with Crippen molar-refractivity contribution in [2.45, 2.75) is 43.1 Å². The van der Waals surface area contributed by atoms with Gasteiger partial charge in [-0.1, -0.05) is 6.07 Å². The van der Waals surface area contributed by atoms with Crippen LogP contribution in [0.1, 0.15) is 30.4 Å². The molecule has 1 atom stereocenters. The van der Waals surface area contributed by atoms with Gasteiger partial charge in [0.05, 0.1) is 4.90 Å². The van der Waals surface area contributed by atoms with E-state index in [2.05, 4.69) is 0 Å². The average Bonchev–Trinajstić information content (AvgIpc) is 3.32. The molecule has 0 saturated carbocycles. The predicted molar refractivity (Wildman–Crippen MR) is 92.8 cm³/mol. The molecule has 0 aromatic heterocycles. The average molecular weight is 364 g/mol. The summed E-state index contributed by atoms with van der Waals surface area (Å²) in [7, 11) is -3.49. The highest BCUT2D eigenvalue weighted by Crippen LogP contribution is 2.27. The SMILES string of the molecule is O=C([C@H]1CCCO1)N1CCN(S(=O)(=O)c2ccc3c(c2)CCC3)CC1. The van der Waals surface area contributed by atoms with E-state index in [1.54, 1.807) is 11.0 Å². The van der Waals surface area contributed by atoms with Crippen molar-refractivity contribution in [3.8, 4) is 0 Å². The lowest BCUT2D eigenvalue weighted by Gasteiger charge is -2.35. The fourth-order valence-corrected chi connectivity index (χ4v) is 5.46. The Bertz CT molecular complexity index is 763. The number of hydrogen-bond acceptors (Lipinski definition) is 4. The lowest BCUT2D eigenvalue weighted by molar-refractivity contribution is -0.142. The first kappa shape index (κ1) is 17.0. The van der Waals surface area contributed by atoms with Crippen molar-refractivity contribution in [1.82, 2.24) is 9.21 Å². The molecule has 1 aromatic carbocycles. The third-order valence-electron chi connectivity index (χ3n) is 5.46. The third kappa shape index (κ3) is 3.20. The molecule has 25 heavy (non-hydrogen) atoms. The molecule has 2 heterocycles. The first-order chi connectivity index (χ1) is 12.1. The second kappa shape index (κ2) is 6.70. The first-order valence-electron chi connectivity index (χ1n) is 9.08. The van der Waals surface area contributed by atoms with E-state index >= 15 is 0 Å². The Morgan fingerprint density at radius 3 is 2.52 bits per heavy atom. The van der Waals surface area contributed by atoms with E-state index in [0.717, 1.165) is 37.7 Å². The van der Waals surface area contributed by atoms with Crippen LogP contribution in [0.3, 0.4) is 0 Å². The van der Waals surface area contributed by atoms with Gasteiger partial charge in [0.25, 0.3) is 5.91 Å². The van der Waals surface area contributed by atoms with Gasteiger partial charge < -0.3 is 9.64 Å². The van der Waals surface area contributed by atoms with Crippen molar-refractivity contribution in [2.75, 3.05) is 32.8 Å². The second-order valence-corrected chi connectivity index (χ2v) is 8.95. The second-order valence-electron chi connectivity index (χ2n) is 7.02. The number of amides is 1. The minimum absolute atomic E-state index is 0.00655. The smallest absolute Gasteiger partial charge is 0.251 e. The van der Waals surface area contributed by atoms with Crippen molar-refractivity contribution >= 4 is 15.9 Å². The van der Waals surface area contributed by atoms with Gasteiger partial charge in [0.15, 0.2) is 0 Å². The van der Waals surface area contributed by atoms with Gasteiger partial charge in [-0.25, -0.2) is 8.42 Å². The Kier molecular flexibility index (Phi) is 4.56. The molecule has 1 amide bonds. The summed E-state index contributed by atoms with van der Waals surface area (Å²) in [5.74, 6) is 0.00655. The molecule has 1 aromatic rings. The number of fused-ring (bicyclic) bond motifs is 1. The highest BCUT2D eigenvalue weighted by Gasteiger charge is 2.34. The van der Waals surface area contributed by atoms with E-state index in [1.807, 2.05) is 12.1 Å². The van der Waals surface area contributed by atoms with Crippen LogP contribution in [0.25, 0.3) is 0 Å². The number of benzene rings is 1. The lowest BCUT2D eigenvalue weighted by atomic mass is 10.1. The van der Waals surface area contributed by atoms with Gasteiger partial charge >= 0.3 is 0 Å². The summed E-state index contributed by atoms with van der Waals surface area (Å²) in [6.45, 7) is 2.20. The summed E-state index contributed by atoms with van der Waals surface area (Å²) in [6, 6.07) is 5.51. The fraction of sp³-hybridized carbons (Fsp3) is 0.611. The van der Waals surface area contributed by atoms with Gasteiger partial charge in [0.2, 0.25) is 10.0 Å². The summed E-state index contributed by atoms with van der Waals surface area (Å²) in [4.78, 5) is 14.5. The van der Waals surface area contributed by atoms with Crippen molar-refractivity contribution in [1.29, 1.82) is 0 Å². The van der Waals surface area contributed by atoms with Crippen LogP contribution in [0.4, 0.5) is 0 Å². The van der Waals surface area contributed by atoms with Gasteiger partial charge in [-0.2, -0.15) is 4.31 Å². The van der Waals surface area contributed by atoms with Gasteiger partial charge in [0, 0.05) is 32.8 Å². The number of nitrogens with zero attached hydrogens (tertiary/aromatic N) is 2. The van der Waals surface area contributed by atoms with E-state index in [1.165, 1.54) is 9.87 Å². The lowest BCUT2D eigenvalue weighted by Crippen LogP contribution is -2.52. The number of ether oxygens (including phenoxy) is 1. The summed E-state index contributed by atoms with van der Waals surface area (Å²) >= 11 is 0. The highest BCUT2D eigenvalue weighted by molar-refractivity contribution is 7.89. The highest BCUT2D eigenvalue weighted by atomic mass is 32.2. The topological polar surface area (TPSA) is 66.9 Å². The van der Waals surface area contributed by atoms with Crippen LogP contribution in [0, 0.1) is 0 Å². The number of sulfonamides is 1. The van der Waals surface area contributed by atoms with Gasteiger partial charge in [-0.05, 0) is 55.4 Å². The summed E-state index contributed by atoms with van der Waals surface area (Å²) in [5.41, 5.74) is 2.43. The standard InChI is InChI=1S/C18H24N2O4S/c21-18(17-5-2-12-24-17)19-8-10-20(11-9-19)25(22,23)16-7-6-14-3-1-4-15(14)13-16/h6-7,13,17H,1-5,8-12H2/t17-/m1/s1. The van der Waals surface area contributed by atoms with Crippen LogP contribution in [0.5, 0.6) is 0 Å². The molecule has 2 saturated heterocycles. The minimum Gasteiger partial charge on any atom is -0.368 e. The molecule has 1 aliphatic carbocycles. The van der Waals surface area contributed by atoms with Crippen LogP contribution in [0.15, 0.2) is 23.1 Å². The van der Waals surface area contributed by atoms with Crippen LogP contribution in [0.2, 0.25) is 0 Å². The maximum atomic E-state index is 12.9. The largest absolute Gasteiger partial charge is 0.368 e. The number of aryl methyl sites for hydroxylation is 2. The molecule has 0 N–H and O–H groups in total. The zero-order chi connectivity index (χ0) is 17.4. The third-order valence-corrected chi connectivity index (χ3v) is 7.36. The molecule has 0 unspecified atom stereocenters. The Hall–Kier alpha value is -1.44. The van der Waals surface area contributed by atoms with E-state index in [9.17, 15) is 13.2 Å². The summed E-state index contributed by atoms with van der Waals surface area (Å²) in [5, 5.41) is 0. The van der Waals surface area contributed by atoms with E-state index in [4.69, 9.17) is 4.74 Å². The molecular formula is C18H24N2O4S. The normalized spacial score (nSPS) is 24.5. The van der Waals surface area contributed by atoms with Crippen LogP contribution in [-0.2, 0) is 32.4 Å². The zero-order valence-corrected chi connectivity index (χ0v) is 15.1. The Labute approximate surface area is 148 Å². The monoisotopic (exact) mass is 364 g/mol. The molecule has 3 aliphatic rings. The Balaban J connectivity index is 1.43.